The number of anilines is 1. The first-order chi connectivity index (χ1) is 13.6. The minimum absolute atomic E-state index is 0.137. The number of aliphatic hydroxyl groups excluding tert-OH is 1. The van der Waals surface area contributed by atoms with E-state index in [1.54, 1.807) is 0 Å². The molecule has 2 aromatic carbocycles. The Morgan fingerprint density at radius 2 is 1.79 bits per heavy atom. The van der Waals surface area contributed by atoms with E-state index in [4.69, 9.17) is 16.3 Å². The van der Waals surface area contributed by atoms with Crippen molar-refractivity contribution < 1.29 is 14.6 Å². The summed E-state index contributed by atoms with van der Waals surface area (Å²) in [5.41, 5.74) is 2.93. The number of β-amino-alcohol motifs (C(OH)–C–C–N with tert-alkyl or cyclic N) is 1. The summed E-state index contributed by atoms with van der Waals surface area (Å²) in [7, 11) is 0. The van der Waals surface area contributed by atoms with Gasteiger partial charge in [-0.2, -0.15) is 0 Å². The van der Waals surface area contributed by atoms with E-state index >= 15 is 0 Å². The number of carbonyl (C=O) groups excluding carboxylic acids is 1. The van der Waals surface area contributed by atoms with Crippen LogP contribution in [0.1, 0.15) is 22.3 Å². The molecular weight excluding hydrogens is 376 g/mol. The van der Waals surface area contributed by atoms with Crippen LogP contribution in [0.3, 0.4) is 0 Å². The van der Waals surface area contributed by atoms with E-state index < -0.39 is 6.10 Å². The molecule has 2 aromatic rings. The lowest BCUT2D eigenvalue weighted by Gasteiger charge is -2.36. The molecule has 0 aromatic heterocycles. The van der Waals surface area contributed by atoms with Crippen molar-refractivity contribution in [2.75, 3.05) is 44.2 Å². The number of Topliss-reactive ketones (excluding diaryl/α,β-unsaturated/α-hetero) is 1. The summed E-state index contributed by atoms with van der Waals surface area (Å²) in [4.78, 5) is 16.6. The maximum absolute atomic E-state index is 12.1. The number of aryl methyl sites for hydroxylation is 1. The van der Waals surface area contributed by atoms with Crippen LogP contribution in [0.4, 0.5) is 5.69 Å². The second-order valence-corrected chi connectivity index (χ2v) is 7.88. The first kappa shape index (κ1) is 19.2. The standard InChI is InChI=1S/C22H25ClN2O3/c23-17-5-7-18(8-6-17)25-12-10-24(11-13-25)14-19(26)15-28-21-3-1-2-16-4-9-20(27)22(16)21/h1-3,5-8,19,26H,4,9-15H2. The lowest BCUT2D eigenvalue weighted by molar-refractivity contribution is 0.0656. The monoisotopic (exact) mass is 400 g/mol. The number of ether oxygens (including phenoxy) is 1. The molecule has 0 radical (unpaired) electrons. The number of ketones is 1. The van der Waals surface area contributed by atoms with E-state index in [2.05, 4.69) is 9.80 Å². The SMILES string of the molecule is O=C1CCc2cccc(OCC(O)CN3CCN(c4ccc(Cl)cc4)CC3)c21. The van der Waals surface area contributed by atoms with Crippen molar-refractivity contribution >= 4 is 23.1 Å². The summed E-state index contributed by atoms with van der Waals surface area (Å²) < 4.78 is 5.80. The first-order valence-corrected chi connectivity index (χ1v) is 10.2. The van der Waals surface area contributed by atoms with Crippen LogP contribution < -0.4 is 9.64 Å². The van der Waals surface area contributed by atoms with Crippen LogP contribution in [0.15, 0.2) is 42.5 Å². The molecule has 1 N–H and O–H groups in total. The van der Waals surface area contributed by atoms with E-state index in [1.165, 1.54) is 5.69 Å². The van der Waals surface area contributed by atoms with Gasteiger partial charge in [-0.1, -0.05) is 23.7 Å². The van der Waals surface area contributed by atoms with E-state index in [9.17, 15) is 9.90 Å². The number of piperazine rings is 1. The van der Waals surface area contributed by atoms with Crippen molar-refractivity contribution in [2.24, 2.45) is 0 Å². The molecule has 5 nitrogen and oxygen atoms in total. The third kappa shape index (κ3) is 4.32. The Balaban J connectivity index is 1.25. The van der Waals surface area contributed by atoms with Crippen molar-refractivity contribution in [3.05, 3.63) is 58.6 Å². The average molecular weight is 401 g/mol. The predicted octanol–water partition coefficient (Wildman–Crippen LogP) is 3.03. The lowest BCUT2D eigenvalue weighted by atomic mass is 10.1. The highest BCUT2D eigenvalue weighted by molar-refractivity contribution is 6.30. The Morgan fingerprint density at radius 3 is 2.54 bits per heavy atom. The molecule has 1 heterocycles. The van der Waals surface area contributed by atoms with Crippen molar-refractivity contribution in [1.82, 2.24) is 4.90 Å². The van der Waals surface area contributed by atoms with Gasteiger partial charge < -0.3 is 14.7 Å². The van der Waals surface area contributed by atoms with Crippen LogP contribution in [0, 0.1) is 0 Å². The van der Waals surface area contributed by atoms with Crippen LogP contribution in [0.2, 0.25) is 5.02 Å². The summed E-state index contributed by atoms with van der Waals surface area (Å²) in [5.74, 6) is 0.741. The number of rotatable bonds is 6. The maximum atomic E-state index is 12.1. The Bertz CT molecular complexity index is 832. The molecule has 28 heavy (non-hydrogen) atoms. The normalized spacial score (nSPS) is 18.2. The largest absolute Gasteiger partial charge is 0.490 e. The van der Waals surface area contributed by atoms with Crippen molar-refractivity contribution in [1.29, 1.82) is 0 Å². The van der Waals surface area contributed by atoms with Gasteiger partial charge >= 0.3 is 0 Å². The zero-order valence-electron chi connectivity index (χ0n) is 15.8. The number of halogens is 1. The second-order valence-electron chi connectivity index (χ2n) is 7.44. The van der Waals surface area contributed by atoms with E-state index in [1.807, 2.05) is 42.5 Å². The molecule has 1 unspecified atom stereocenters. The molecule has 0 bridgehead atoms. The Hall–Kier alpha value is -2.08. The molecule has 0 saturated carbocycles. The highest BCUT2D eigenvalue weighted by Crippen LogP contribution is 2.30. The molecule has 1 fully saturated rings. The van der Waals surface area contributed by atoms with Crippen LogP contribution >= 0.6 is 11.6 Å². The van der Waals surface area contributed by atoms with Gasteiger partial charge in [0.1, 0.15) is 18.5 Å². The molecule has 6 heteroatoms. The Labute approximate surface area is 170 Å². The zero-order valence-corrected chi connectivity index (χ0v) is 16.6. The van der Waals surface area contributed by atoms with Gasteiger partial charge in [-0.3, -0.25) is 9.69 Å². The van der Waals surface area contributed by atoms with Gasteiger partial charge in [-0.15, -0.1) is 0 Å². The second kappa shape index (κ2) is 8.52. The summed E-state index contributed by atoms with van der Waals surface area (Å²) in [6.07, 6.45) is 0.747. The highest BCUT2D eigenvalue weighted by atomic mass is 35.5. The summed E-state index contributed by atoms with van der Waals surface area (Å²) in [6.45, 7) is 4.36. The molecule has 1 atom stereocenters. The fourth-order valence-electron chi connectivity index (χ4n) is 3.97. The fourth-order valence-corrected chi connectivity index (χ4v) is 4.10. The van der Waals surface area contributed by atoms with E-state index in [0.29, 0.717) is 24.3 Å². The Morgan fingerprint density at radius 1 is 1.04 bits per heavy atom. The van der Waals surface area contributed by atoms with E-state index in [-0.39, 0.29) is 12.4 Å². The van der Waals surface area contributed by atoms with Gasteiger partial charge in [-0.25, -0.2) is 0 Å². The van der Waals surface area contributed by atoms with Gasteiger partial charge in [0.25, 0.3) is 0 Å². The van der Waals surface area contributed by atoms with Crippen LogP contribution in [-0.4, -0.2) is 61.2 Å². The van der Waals surface area contributed by atoms with Gasteiger partial charge in [-0.05, 0) is 42.3 Å². The minimum Gasteiger partial charge on any atom is -0.490 e. The van der Waals surface area contributed by atoms with Gasteiger partial charge in [0.05, 0.1) is 5.56 Å². The van der Waals surface area contributed by atoms with Crippen LogP contribution in [0.25, 0.3) is 0 Å². The molecule has 0 spiro atoms. The van der Waals surface area contributed by atoms with Gasteiger partial charge in [0.15, 0.2) is 5.78 Å². The lowest BCUT2D eigenvalue weighted by Crippen LogP contribution is -2.49. The molecule has 1 aliphatic heterocycles. The number of hydrogen-bond acceptors (Lipinski definition) is 5. The first-order valence-electron chi connectivity index (χ1n) is 9.79. The molecule has 2 aliphatic rings. The molecule has 148 valence electrons. The van der Waals surface area contributed by atoms with Crippen LogP contribution in [0.5, 0.6) is 5.75 Å². The molecule has 0 amide bonds. The number of hydrogen-bond donors (Lipinski definition) is 1. The van der Waals surface area contributed by atoms with Gasteiger partial charge in [0.2, 0.25) is 0 Å². The summed E-state index contributed by atoms with van der Waals surface area (Å²) >= 11 is 5.96. The quantitative estimate of drug-likeness (QED) is 0.807. The van der Waals surface area contributed by atoms with Crippen molar-refractivity contribution in [3.8, 4) is 5.75 Å². The molecule has 1 aliphatic carbocycles. The van der Waals surface area contributed by atoms with Crippen molar-refractivity contribution in [2.45, 2.75) is 18.9 Å². The van der Waals surface area contributed by atoms with Gasteiger partial charge in [0, 0.05) is 49.9 Å². The Kier molecular flexibility index (Phi) is 5.85. The summed E-state index contributed by atoms with van der Waals surface area (Å²) in [5, 5.41) is 11.2. The third-order valence-corrected chi connectivity index (χ3v) is 5.73. The number of benzene rings is 2. The van der Waals surface area contributed by atoms with Crippen LogP contribution in [-0.2, 0) is 6.42 Å². The molecule has 4 rings (SSSR count). The maximum Gasteiger partial charge on any atom is 0.167 e. The molecule has 1 saturated heterocycles. The fraction of sp³-hybridized carbons (Fsp3) is 0.409. The minimum atomic E-state index is -0.588. The molecular formula is C22H25ClN2O3. The number of fused-ring (bicyclic) bond motifs is 1. The smallest absolute Gasteiger partial charge is 0.167 e. The predicted molar refractivity (Wildman–Crippen MR) is 111 cm³/mol. The number of nitrogens with zero attached hydrogens (tertiary/aromatic N) is 2. The van der Waals surface area contributed by atoms with Crippen molar-refractivity contribution in [3.63, 3.8) is 0 Å². The number of aliphatic hydroxyl groups is 1. The number of carbonyl (C=O) groups is 1. The average Bonchev–Trinajstić information content (AvgIpc) is 3.09. The van der Waals surface area contributed by atoms with E-state index in [0.717, 1.165) is 43.2 Å². The summed E-state index contributed by atoms with van der Waals surface area (Å²) in [6, 6.07) is 13.6. The zero-order chi connectivity index (χ0) is 19.5. The topological polar surface area (TPSA) is 53.0 Å². The third-order valence-electron chi connectivity index (χ3n) is 5.48. The highest BCUT2D eigenvalue weighted by Gasteiger charge is 2.24.